The smallest absolute Gasteiger partial charge is 0.310 e. The summed E-state index contributed by atoms with van der Waals surface area (Å²) in [4.78, 5) is 13.9. The molecule has 2 aliphatic rings. The molecule has 0 bridgehead atoms. The van der Waals surface area contributed by atoms with Crippen LogP contribution in [0.5, 0.6) is 5.75 Å². The molecule has 6 nitrogen and oxygen atoms in total. The van der Waals surface area contributed by atoms with Crippen molar-refractivity contribution in [2.75, 3.05) is 32.8 Å². The molecule has 26 heavy (non-hydrogen) atoms. The average molecular weight is 357 g/mol. The summed E-state index contributed by atoms with van der Waals surface area (Å²) in [6, 6.07) is 9.28. The quantitative estimate of drug-likeness (QED) is 0.776. The van der Waals surface area contributed by atoms with E-state index in [9.17, 15) is 9.90 Å². The molecule has 0 atom stereocenters. The molecule has 0 amide bonds. The van der Waals surface area contributed by atoms with Crippen molar-refractivity contribution in [3.63, 3.8) is 0 Å². The Morgan fingerprint density at radius 2 is 2.04 bits per heavy atom. The zero-order valence-electron chi connectivity index (χ0n) is 15.1. The number of carboxylic acids is 1. The molecular weight excluding hydrogens is 330 g/mol. The third kappa shape index (κ3) is 3.84. The summed E-state index contributed by atoms with van der Waals surface area (Å²) < 4.78 is 5.95. The number of benzene rings is 1. The molecule has 0 aromatic heterocycles. The van der Waals surface area contributed by atoms with Crippen LogP contribution >= 0.6 is 0 Å². The molecule has 6 heteroatoms. The molecule has 1 aromatic carbocycles. The average Bonchev–Trinajstić information content (AvgIpc) is 2.64. The number of carboxylic acid groups (broad SMARTS) is 1. The number of ether oxygens (including phenoxy) is 1. The number of nitrogens with zero attached hydrogens (tertiary/aromatic N) is 2. The number of nitrogens with two attached hydrogens (primary N) is 1. The van der Waals surface area contributed by atoms with Crippen molar-refractivity contribution in [3.05, 3.63) is 29.8 Å². The van der Waals surface area contributed by atoms with Crippen LogP contribution < -0.4 is 10.5 Å². The van der Waals surface area contributed by atoms with Gasteiger partial charge in [-0.15, -0.1) is 0 Å². The minimum Gasteiger partial charge on any atom is -0.493 e. The molecule has 140 valence electrons. The van der Waals surface area contributed by atoms with Crippen LogP contribution in [0.3, 0.4) is 0 Å². The zero-order chi connectivity index (χ0) is 18.6. The summed E-state index contributed by atoms with van der Waals surface area (Å²) in [6.07, 6.45) is 4.40. The Kier molecular flexibility index (Phi) is 5.49. The molecule has 1 aliphatic carbocycles. The second-order valence-corrected chi connectivity index (χ2v) is 7.85. The fraction of sp³-hybridized carbons (Fsp3) is 0.600. The molecule has 1 saturated heterocycles. The van der Waals surface area contributed by atoms with E-state index in [0.29, 0.717) is 31.0 Å². The maximum atomic E-state index is 11.6. The highest BCUT2D eigenvalue weighted by Crippen LogP contribution is 2.43. The van der Waals surface area contributed by atoms with E-state index in [1.807, 2.05) is 12.1 Å². The van der Waals surface area contributed by atoms with Crippen LogP contribution in [0.1, 0.15) is 37.7 Å². The van der Waals surface area contributed by atoms with Gasteiger partial charge in [-0.25, -0.2) is 0 Å². The number of piperidine rings is 1. The lowest BCUT2D eigenvalue weighted by Gasteiger charge is -2.46. The highest BCUT2D eigenvalue weighted by Gasteiger charge is 2.46. The molecule has 0 spiro atoms. The molecule has 1 saturated carbocycles. The maximum absolute atomic E-state index is 11.6. The molecular formula is C20H27N3O3. The monoisotopic (exact) mass is 357 g/mol. The van der Waals surface area contributed by atoms with Gasteiger partial charge in [0.2, 0.25) is 0 Å². The highest BCUT2D eigenvalue weighted by atomic mass is 16.5. The fourth-order valence-electron chi connectivity index (χ4n) is 3.96. The molecule has 3 rings (SSSR count). The van der Waals surface area contributed by atoms with E-state index in [1.54, 1.807) is 12.1 Å². The molecule has 2 fully saturated rings. The third-order valence-electron chi connectivity index (χ3n) is 6.15. The number of hydrogen-bond acceptors (Lipinski definition) is 5. The van der Waals surface area contributed by atoms with E-state index >= 15 is 0 Å². The van der Waals surface area contributed by atoms with Gasteiger partial charge in [0.15, 0.2) is 0 Å². The summed E-state index contributed by atoms with van der Waals surface area (Å²) in [7, 11) is 0. The Hall–Kier alpha value is -2.10. The van der Waals surface area contributed by atoms with Crippen LogP contribution in [0.15, 0.2) is 24.3 Å². The summed E-state index contributed by atoms with van der Waals surface area (Å²) in [5.74, 6) is 0.0405. The zero-order valence-corrected chi connectivity index (χ0v) is 15.1. The first-order chi connectivity index (χ1) is 12.5. The van der Waals surface area contributed by atoms with Crippen LogP contribution in [0.25, 0.3) is 0 Å². The summed E-state index contributed by atoms with van der Waals surface area (Å²) >= 11 is 0. The number of carbonyl (C=O) groups is 1. The van der Waals surface area contributed by atoms with E-state index in [4.69, 9.17) is 15.7 Å². The lowest BCUT2D eigenvalue weighted by molar-refractivity contribution is -0.156. The van der Waals surface area contributed by atoms with E-state index in [-0.39, 0.29) is 5.41 Å². The van der Waals surface area contributed by atoms with Gasteiger partial charge in [0.25, 0.3) is 0 Å². The van der Waals surface area contributed by atoms with Gasteiger partial charge in [-0.2, -0.15) is 5.26 Å². The SMILES string of the molecule is N#Cc1cccc(OCC2(CN)CCN(CC3(C(=O)O)CCC3)CC2)c1. The summed E-state index contributed by atoms with van der Waals surface area (Å²) in [5.41, 5.74) is 6.03. The highest BCUT2D eigenvalue weighted by molar-refractivity contribution is 5.76. The van der Waals surface area contributed by atoms with E-state index in [2.05, 4.69) is 11.0 Å². The Bertz CT molecular complexity index is 686. The van der Waals surface area contributed by atoms with Gasteiger partial charge < -0.3 is 20.5 Å². The van der Waals surface area contributed by atoms with Crippen molar-refractivity contribution in [2.24, 2.45) is 16.6 Å². The molecule has 1 aromatic rings. The van der Waals surface area contributed by atoms with Crippen LogP contribution in [-0.4, -0.2) is 48.8 Å². The Morgan fingerprint density at radius 1 is 1.31 bits per heavy atom. The molecule has 1 aliphatic heterocycles. The maximum Gasteiger partial charge on any atom is 0.310 e. The number of likely N-dealkylation sites (tertiary alicyclic amines) is 1. The van der Waals surface area contributed by atoms with Crippen molar-refractivity contribution in [3.8, 4) is 11.8 Å². The molecule has 0 unspecified atom stereocenters. The standard InChI is InChI=1S/C20H27N3O3/c21-12-16-3-1-4-17(11-16)26-15-19(13-22)7-9-23(10-8-19)14-20(18(24)25)5-2-6-20/h1,3-4,11H,2,5-10,13-15,22H2,(H,24,25). The third-order valence-corrected chi connectivity index (χ3v) is 6.15. The lowest BCUT2D eigenvalue weighted by atomic mass is 9.68. The predicted molar refractivity (Wildman–Crippen MR) is 97.7 cm³/mol. The van der Waals surface area contributed by atoms with E-state index < -0.39 is 11.4 Å². The van der Waals surface area contributed by atoms with Gasteiger partial charge in [0, 0.05) is 18.5 Å². The van der Waals surface area contributed by atoms with Gasteiger partial charge in [0.1, 0.15) is 5.75 Å². The lowest BCUT2D eigenvalue weighted by Crippen LogP contribution is -2.53. The number of aliphatic carboxylic acids is 1. The minimum atomic E-state index is -0.653. The van der Waals surface area contributed by atoms with Crippen molar-refractivity contribution in [1.82, 2.24) is 4.90 Å². The fourth-order valence-corrected chi connectivity index (χ4v) is 3.96. The van der Waals surface area contributed by atoms with Crippen molar-refractivity contribution < 1.29 is 14.6 Å². The summed E-state index contributed by atoms with van der Waals surface area (Å²) in [6.45, 7) is 3.43. The molecule has 0 radical (unpaired) electrons. The Labute approximate surface area is 154 Å². The van der Waals surface area contributed by atoms with Crippen molar-refractivity contribution in [2.45, 2.75) is 32.1 Å². The molecule has 3 N–H and O–H groups in total. The number of nitriles is 1. The second kappa shape index (κ2) is 7.65. The van der Waals surface area contributed by atoms with Crippen molar-refractivity contribution in [1.29, 1.82) is 5.26 Å². The number of hydrogen-bond donors (Lipinski definition) is 2. The predicted octanol–water partition coefficient (Wildman–Crippen LogP) is 2.23. The van der Waals surface area contributed by atoms with Gasteiger partial charge in [-0.05, 0) is 57.0 Å². The normalized spacial score (nSPS) is 21.4. The number of rotatable bonds is 7. The second-order valence-electron chi connectivity index (χ2n) is 7.85. The molecule has 1 heterocycles. The van der Waals surface area contributed by atoms with Crippen molar-refractivity contribution >= 4 is 5.97 Å². The van der Waals surface area contributed by atoms with Gasteiger partial charge in [0.05, 0.1) is 23.7 Å². The first-order valence-corrected chi connectivity index (χ1v) is 9.30. The van der Waals surface area contributed by atoms with Crippen LogP contribution in [0.4, 0.5) is 0 Å². The first-order valence-electron chi connectivity index (χ1n) is 9.30. The minimum absolute atomic E-state index is 0.0881. The Morgan fingerprint density at radius 3 is 2.58 bits per heavy atom. The van der Waals surface area contributed by atoms with Crippen LogP contribution in [0, 0.1) is 22.2 Å². The van der Waals surface area contributed by atoms with Gasteiger partial charge in [-0.1, -0.05) is 12.5 Å². The largest absolute Gasteiger partial charge is 0.493 e. The van der Waals surface area contributed by atoms with Crippen LogP contribution in [0.2, 0.25) is 0 Å². The Balaban J connectivity index is 1.55. The van der Waals surface area contributed by atoms with E-state index in [1.165, 1.54) is 0 Å². The van der Waals surface area contributed by atoms with Gasteiger partial charge >= 0.3 is 5.97 Å². The first kappa shape index (κ1) is 18.7. The topological polar surface area (TPSA) is 99.6 Å². The van der Waals surface area contributed by atoms with Gasteiger partial charge in [-0.3, -0.25) is 4.79 Å². The van der Waals surface area contributed by atoms with E-state index in [0.717, 1.165) is 45.2 Å². The van der Waals surface area contributed by atoms with Crippen LogP contribution in [-0.2, 0) is 4.79 Å². The summed E-state index contributed by atoms with van der Waals surface area (Å²) in [5, 5.41) is 18.5.